The average Bonchev–Trinajstić information content (AvgIpc) is 2.62. The van der Waals surface area contributed by atoms with Crippen LogP contribution in [0.15, 0.2) is 59.6 Å². The molecule has 0 fully saturated rings. The molecule has 0 aliphatic carbocycles. The van der Waals surface area contributed by atoms with Crippen molar-refractivity contribution >= 4 is 23.5 Å². The van der Waals surface area contributed by atoms with Crippen molar-refractivity contribution in [2.45, 2.75) is 6.54 Å². The minimum absolute atomic E-state index is 0.119. The summed E-state index contributed by atoms with van der Waals surface area (Å²) >= 11 is 5.82. The molecule has 0 heterocycles. The van der Waals surface area contributed by atoms with Crippen LogP contribution in [0.25, 0.3) is 0 Å². The fourth-order valence-electron chi connectivity index (χ4n) is 2.16. The maximum Gasteiger partial charge on any atom is 0.251 e. The van der Waals surface area contributed by atoms with E-state index >= 15 is 0 Å². The van der Waals surface area contributed by atoms with Gasteiger partial charge in [0.05, 0.1) is 6.54 Å². The molecular weight excluding hydrogens is 336 g/mol. The van der Waals surface area contributed by atoms with E-state index in [2.05, 4.69) is 15.6 Å². The van der Waals surface area contributed by atoms with Crippen molar-refractivity contribution in [3.05, 3.63) is 70.7 Å². The lowest BCUT2D eigenvalue weighted by atomic mass is 10.2. The Morgan fingerprint density at radius 2 is 1.64 bits per heavy atom. The van der Waals surface area contributed by atoms with Crippen LogP contribution in [-0.4, -0.2) is 44.0 Å². The van der Waals surface area contributed by atoms with E-state index in [4.69, 9.17) is 11.6 Å². The fraction of sp³-hybridized carbons (Fsp3) is 0.263. The molecule has 0 aromatic heterocycles. The molecule has 0 atom stereocenters. The van der Waals surface area contributed by atoms with Crippen molar-refractivity contribution < 1.29 is 4.79 Å². The molecule has 25 heavy (non-hydrogen) atoms. The highest BCUT2D eigenvalue weighted by Gasteiger charge is 2.05. The predicted molar refractivity (Wildman–Crippen MR) is 103 cm³/mol. The highest BCUT2D eigenvalue weighted by molar-refractivity contribution is 6.30. The number of halogens is 1. The van der Waals surface area contributed by atoms with Gasteiger partial charge < -0.3 is 15.5 Å². The summed E-state index contributed by atoms with van der Waals surface area (Å²) in [5.41, 5.74) is 1.75. The number of nitrogens with one attached hydrogen (secondary N) is 2. The molecule has 0 radical (unpaired) electrons. The molecule has 5 nitrogen and oxygen atoms in total. The van der Waals surface area contributed by atoms with E-state index in [9.17, 15) is 4.79 Å². The van der Waals surface area contributed by atoms with Crippen LogP contribution < -0.4 is 10.6 Å². The summed E-state index contributed by atoms with van der Waals surface area (Å²) in [4.78, 5) is 18.5. The molecule has 0 aliphatic rings. The van der Waals surface area contributed by atoms with E-state index < -0.39 is 0 Å². The van der Waals surface area contributed by atoms with Gasteiger partial charge in [-0.15, -0.1) is 0 Å². The topological polar surface area (TPSA) is 56.7 Å². The lowest BCUT2D eigenvalue weighted by molar-refractivity contribution is 0.0954. The van der Waals surface area contributed by atoms with Crippen molar-refractivity contribution in [1.29, 1.82) is 0 Å². The summed E-state index contributed by atoms with van der Waals surface area (Å²) in [6, 6.07) is 16.9. The molecule has 2 rings (SSSR count). The molecule has 0 saturated heterocycles. The van der Waals surface area contributed by atoms with Crippen LogP contribution in [0.3, 0.4) is 0 Å². The Hall–Kier alpha value is -2.53. The summed E-state index contributed by atoms with van der Waals surface area (Å²) in [5.74, 6) is 0.663. The standard InChI is InChI=1S/C19H23ClN4O/c1-24(2)19(23-14-15-6-4-3-5-7-15)22-13-12-21-18(25)16-8-10-17(20)11-9-16/h3-11H,12-14H2,1-2H3,(H,21,25)(H,22,23). The van der Waals surface area contributed by atoms with Crippen LogP contribution in [0.5, 0.6) is 0 Å². The molecule has 132 valence electrons. The zero-order chi connectivity index (χ0) is 18.1. The van der Waals surface area contributed by atoms with Gasteiger partial charge in [-0.2, -0.15) is 0 Å². The smallest absolute Gasteiger partial charge is 0.251 e. The van der Waals surface area contributed by atoms with E-state index in [1.54, 1.807) is 24.3 Å². The number of carbonyl (C=O) groups excluding carboxylic acids is 1. The second-order valence-corrected chi connectivity index (χ2v) is 6.15. The quantitative estimate of drug-likeness (QED) is 0.474. The third-order valence-corrected chi connectivity index (χ3v) is 3.73. The van der Waals surface area contributed by atoms with E-state index in [1.165, 1.54) is 0 Å². The molecule has 1 amide bonds. The Morgan fingerprint density at radius 3 is 2.28 bits per heavy atom. The van der Waals surface area contributed by atoms with Gasteiger partial charge in [0.25, 0.3) is 5.91 Å². The van der Waals surface area contributed by atoms with Gasteiger partial charge >= 0.3 is 0 Å². The van der Waals surface area contributed by atoms with Gasteiger partial charge in [-0.25, -0.2) is 4.99 Å². The summed E-state index contributed by atoms with van der Waals surface area (Å²) in [6.45, 7) is 1.70. The zero-order valence-electron chi connectivity index (χ0n) is 14.5. The second-order valence-electron chi connectivity index (χ2n) is 5.71. The highest BCUT2D eigenvalue weighted by Crippen LogP contribution is 2.09. The average molecular weight is 359 g/mol. The molecule has 0 saturated carbocycles. The number of hydrogen-bond donors (Lipinski definition) is 2. The maximum atomic E-state index is 12.0. The fourth-order valence-corrected chi connectivity index (χ4v) is 2.28. The lowest BCUT2D eigenvalue weighted by Crippen LogP contribution is -2.41. The van der Waals surface area contributed by atoms with Gasteiger partial charge in [-0.3, -0.25) is 4.79 Å². The number of hydrogen-bond acceptors (Lipinski definition) is 2. The molecular formula is C19H23ClN4O. The van der Waals surface area contributed by atoms with Crippen molar-refractivity contribution in [3.63, 3.8) is 0 Å². The van der Waals surface area contributed by atoms with Crippen molar-refractivity contribution in [1.82, 2.24) is 15.5 Å². The first-order chi connectivity index (χ1) is 12.1. The van der Waals surface area contributed by atoms with Gasteiger partial charge in [-0.1, -0.05) is 41.9 Å². The van der Waals surface area contributed by atoms with Gasteiger partial charge in [-0.05, 0) is 29.8 Å². The second kappa shape index (κ2) is 9.69. The summed E-state index contributed by atoms with van der Waals surface area (Å²) in [6.07, 6.45) is 0. The normalized spacial score (nSPS) is 11.1. The van der Waals surface area contributed by atoms with Crippen LogP contribution in [0.1, 0.15) is 15.9 Å². The van der Waals surface area contributed by atoms with Crippen molar-refractivity contribution in [2.24, 2.45) is 4.99 Å². The van der Waals surface area contributed by atoms with E-state index in [0.29, 0.717) is 30.2 Å². The Balaban J connectivity index is 1.79. The molecule has 2 aromatic rings. The minimum atomic E-state index is -0.119. The number of amides is 1. The minimum Gasteiger partial charge on any atom is -0.354 e. The molecule has 2 N–H and O–H groups in total. The lowest BCUT2D eigenvalue weighted by Gasteiger charge is -2.18. The number of guanidine groups is 1. The van der Waals surface area contributed by atoms with Gasteiger partial charge in [0.15, 0.2) is 5.96 Å². The van der Waals surface area contributed by atoms with E-state index in [-0.39, 0.29) is 5.91 Å². The first kappa shape index (κ1) is 18.8. The Labute approximate surface area is 153 Å². The van der Waals surface area contributed by atoms with Gasteiger partial charge in [0, 0.05) is 37.8 Å². The third kappa shape index (κ3) is 6.47. The van der Waals surface area contributed by atoms with Crippen LogP contribution in [-0.2, 0) is 6.54 Å². The summed E-state index contributed by atoms with van der Waals surface area (Å²) in [7, 11) is 3.87. The van der Waals surface area contributed by atoms with Crippen LogP contribution in [0.2, 0.25) is 5.02 Å². The van der Waals surface area contributed by atoms with Gasteiger partial charge in [0.2, 0.25) is 0 Å². The monoisotopic (exact) mass is 358 g/mol. The zero-order valence-corrected chi connectivity index (χ0v) is 15.3. The Bertz CT molecular complexity index is 699. The van der Waals surface area contributed by atoms with E-state index in [1.807, 2.05) is 49.3 Å². The van der Waals surface area contributed by atoms with Crippen molar-refractivity contribution in [3.8, 4) is 0 Å². The number of nitrogens with zero attached hydrogens (tertiary/aromatic N) is 2. The van der Waals surface area contributed by atoms with Crippen LogP contribution in [0.4, 0.5) is 0 Å². The Morgan fingerprint density at radius 1 is 1.00 bits per heavy atom. The van der Waals surface area contributed by atoms with Gasteiger partial charge in [0.1, 0.15) is 0 Å². The highest BCUT2D eigenvalue weighted by atomic mass is 35.5. The molecule has 2 aromatic carbocycles. The molecule has 0 spiro atoms. The predicted octanol–water partition coefficient (Wildman–Crippen LogP) is 2.78. The molecule has 0 aliphatic heterocycles. The maximum absolute atomic E-state index is 12.0. The first-order valence-electron chi connectivity index (χ1n) is 8.09. The van der Waals surface area contributed by atoms with Crippen LogP contribution in [0, 0.1) is 0 Å². The SMILES string of the molecule is CN(C)C(=NCc1ccccc1)NCCNC(=O)c1ccc(Cl)cc1. The number of rotatable bonds is 6. The molecule has 6 heteroatoms. The molecule has 0 unspecified atom stereocenters. The third-order valence-electron chi connectivity index (χ3n) is 3.48. The Kier molecular flexibility index (Phi) is 7.29. The first-order valence-corrected chi connectivity index (χ1v) is 8.47. The summed E-state index contributed by atoms with van der Waals surface area (Å²) in [5, 5.41) is 6.73. The van der Waals surface area contributed by atoms with Crippen molar-refractivity contribution in [2.75, 3.05) is 27.2 Å². The largest absolute Gasteiger partial charge is 0.354 e. The molecule has 0 bridgehead atoms. The number of aliphatic imine (C=N–C) groups is 1. The number of carbonyl (C=O) groups is 1. The number of benzene rings is 2. The summed E-state index contributed by atoms with van der Waals surface area (Å²) < 4.78 is 0. The van der Waals surface area contributed by atoms with E-state index in [0.717, 1.165) is 11.5 Å². The van der Waals surface area contributed by atoms with Crippen LogP contribution >= 0.6 is 11.6 Å².